The molecule has 2 aliphatic rings. The minimum Gasteiger partial charge on any atom is -0.466 e. The maximum absolute atomic E-state index is 13.1. The third-order valence-electron chi connectivity index (χ3n) is 6.69. The van der Waals surface area contributed by atoms with E-state index < -0.39 is 34.5 Å². The quantitative estimate of drug-likeness (QED) is 0.139. The summed E-state index contributed by atoms with van der Waals surface area (Å²) in [6.45, 7) is 2.02. The molecule has 2 heterocycles. The van der Waals surface area contributed by atoms with E-state index in [1.807, 2.05) is 6.07 Å². The molecule has 3 aromatic rings. The summed E-state index contributed by atoms with van der Waals surface area (Å²) in [5.74, 6) is -2.69. The summed E-state index contributed by atoms with van der Waals surface area (Å²) in [5.41, 5.74) is 2.39. The molecule has 11 nitrogen and oxygen atoms in total. The molecule has 2 aliphatic heterocycles. The van der Waals surface area contributed by atoms with Crippen LogP contribution < -0.4 is 5.32 Å². The predicted molar refractivity (Wildman–Crippen MR) is 145 cm³/mol. The average molecular weight is 541 g/mol. The van der Waals surface area contributed by atoms with Crippen LogP contribution in [0.3, 0.4) is 0 Å². The summed E-state index contributed by atoms with van der Waals surface area (Å²) < 4.78 is 4.90. The number of carbonyl (C=O) groups excluding carboxylic acids is 4. The number of nitro benzene ring substituents is 1. The molecule has 0 saturated carbocycles. The molecule has 0 radical (unpaired) electrons. The van der Waals surface area contributed by atoms with Crippen LogP contribution in [-0.4, -0.2) is 52.4 Å². The summed E-state index contributed by atoms with van der Waals surface area (Å²) in [6.07, 6.45) is 0.357. The van der Waals surface area contributed by atoms with Crippen molar-refractivity contribution in [3.05, 3.63) is 99.1 Å². The SMILES string of the molecule is CCOC(=O)CCCN1C(=O)c2ccc(N=C(c3ccccc3)C3C(=O)Nc4ccc([N+](=O)[O-])cc43)cc2C1=O. The van der Waals surface area contributed by atoms with Crippen molar-refractivity contribution in [2.24, 2.45) is 4.99 Å². The Bertz CT molecular complexity index is 1580. The number of nitrogens with one attached hydrogen (secondary N) is 1. The second-order valence-corrected chi connectivity index (χ2v) is 9.21. The Morgan fingerprint density at radius 3 is 2.50 bits per heavy atom. The van der Waals surface area contributed by atoms with Crippen molar-refractivity contribution >= 4 is 46.5 Å². The van der Waals surface area contributed by atoms with Crippen LogP contribution in [0.15, 0.2) is 71.7 Å². The number of benzene rings is 3. The number of imide groups is 1. The lowest BCUT2D eigenvalue weighted by Crippen LogP contribution is -2.31. The van der Waals surface area contributed by atoms with E-state index in [-0.39, 0.29) is 42.8 Å². The molecule has 1 N–H and O–H groups in total. The highest BCUT2D eigenvalue weighted by Crippen LogP contribution is 2.38. The van der Waals surface area contributed by atoms with Crippen LogP contribution >= 0.6 is 0 Å². The zero-order chi connectivity index (χ0) is 28.4. The van der Waals surface area contributed by atoms with Crippen LogP contribution in [0.5, 0.6) is 0 Å². The van der Waals surface area contributed by atoms with Crippen molar-refractivity contribution in [2.75, 3.05) is 18.5 Å². The lowest BCUT2D eigenvalue weighted by molar-refractivity contribution is -0.384. The van der Waals surface area contributed by atoms with Gasteiger partial charge in [0.2, 0.25) is 5.91 Å². The second kappa shape index (κ2) is 10.9. The van der Waals surface area contributed by atoms with Gasteiger partial charge < -0.3 is 10.1 Å². The van der Waals surface area contributed by atoms with Gasteiger partial charge in [0.25, 0.3) is 17.5 Å². The number of nitrogens with zero attached hydrogens (tertiary/aromatic N) is 3. The van der Waals surface area contributed by atoms with Gasteiger partial charge in [0.05, 0.1) is 34.1 Å². The van der Waals surface area contributed by atoms with Gasteiger partial charge in [-0.2, -0.15) is 0 Å². The standard InChI is InChI=1S/C29H24N4O7/c1-2-40-24(34)9-6-14-32-28(36)20-12-10-18(15-21(20)29(32)37)30-26(17-7-4-3-5-8-17)25-22-16-19(33(38)39)11-13-23(22)31-27(25)35/h3-5,7-8,10-13,15-16,25H,2,6,9,14H2,1H3,(H,31,35). The minimum atomic E-state index is -0.942. The Morgan fingerprint density at radius 1 is 1.02 bits per heavy atom. The molecule has 0 saturated heterocycles. The van der Waals surface area contributed by atoms with E-state index in [0.29, 0.717) is 28.2 Å². The van der Waals surface area contributed by atoms with Crippen LogP contribution in [0.2, 0.25) is 0 Å². The first kappa shape index (κ1) is 26.4. The lowest BCUT2D eigenvalue weighted by Gasteiger charge is -2.14. The van der Waals surface area contributed by atoms with Gasteiger partial charge >= 0.3 is 5.97 Å². The molecule has 0 fully saturated rings. The smallest absolute Gasteiger partial charge is 0.305 e. The van der Waals surface area contributed by atoms with Gasteiger partial charge in [-0.25, -0.2) is 0 Å². The number of ether oxygens (including phenoxy) is 1. The van der Waals surface area contributed by atoms with Crippen LogP contribution in [0.1, 0.15) is 57.5 Å². The fourth-order valence-corrected chi connectivity index (χ4v) is 4.84. The Balaban J connectivity index is 1.50. The predicted octanol–water partition coefficient (Wildman–Crippen LogP) is 4.39. The lowest BCUT2D eigenvalue weighted by atomic mass is 9.90. The number of rotatable bonds is 9. The monoisotopic (exact) mass is 540 g/mol. The molecule has 0 spiro atoms. The Kier molecular flexibility index (Phi) is 7.19. The normalized spacial score (nSPS) is 16.0. The number of hydrogen-bond acceptors (Lipinski definition) is 8. The van der Waals surface area contributed by atoms with Crippen LogP contribution in [0.4, 0.5) is 17.1 Å². The van der Waals surface area contributed by atoms with Gasteiger partial charge in [0, 0.05) is 36.3 Å². The van der Waals surface area contributed by atoms with Gasteiger partial charge in [0.1, 0.15) is 5.92 Å². The largest absolute Gasteiger partial charge is 0.466 e. The average Bonchev–Trinajstić information content (AvgIpc) is 3.39. The van der Waals surface area contributed by atoms with Crippen LogP contribution in [0, 0.1) is 10.1 Å². The first-order valence-corrected chi connectivity index (χ1v) is 12.7. The Morgan fingerprint density at radius 2 is 1.77 bits per heavy atom. The first-order valence-electron chi connectivity index (χ1n) is 12.7. The zero-order valence-electron chi connectivity index (χ0n) is 21.5. The summed E-state index contributed by atoms with van der Waals surface area (Å²) in [4.78, 5) is 67.5. The molecule has 0 bridgehead atoms. The summed E-state index contributed by atoms with van der Waals surface area (Å²) in [5, 5.41) is 14.2. The highest BCUT2D eigenvalue weighted by Gasteiger charge is 2.38. The van der Waals surface area contributed by atoms with Crippen molar-refractivity contribution in [1.29, 1.82) is 0 Å². The number of nitro groups is 1. The molecular weight excluding hydrogens is 516 g/mol. The van der Waals surface area contributed by atoms with E-state index >= 15 is 0 Å². The molecule has 0 aliphatic carbocycles. The van der Waals surface area contributed by atoms with Crippen molar-refractivity contribution in [1.82, 2.24) is 4.90 Å². The molecule has 3 amide bonds. The number of carbonyl (C=O) groups is 4. The second-order valence-electron chi connectivity index (χ2n) is 9.21. The van der Waals surface area contributed by atoms with Crippen molar-refractivity contribution in [3.8, 4) is 0 Å². The molecule has 11 heteroatoms. The number of amides is 3. The van der Waals surface area contributed by atoms with Gasteiger partial charge in [-0.15, -0.1) is 0 Å². The van der Waals surface area contributed by atoms with E-state index in [1.165, 1.54) is 30.3 Å². The maximum atomic E-state index is 13.1. The van der Waals surface area contributed by atoms with Crippen molar-refractivity contribution in [3.63, 3.8) is 0 Å². The number of hydrogen-bond donors (Lipinski definition) is 1. The molecule has 40 heavy (non-hydrogen) atoms. The number of anilines is 1. The number of non-ortho nitro benzene ring substituents is 1. The van der Waals surface area contributed by atoms with E-state index in [0.717, 1.165) is 4.90 Å². The van der Waals surface area contributed by atoms with Gasteiger partial charge in [0.15, 0.2) is 0 Å². The number of fused-ring (bicyclic) bond motifs is 2. The van der Waals surface area contributed by atoms with E-state index in [4.69, 9.17) is 9.73 Å². The molecule has 3 aromatic carbocycles. The Labute approximate surface area is 228 Å². The van der Waals surface area contributed by atoms with Crippen LogP contribution in [0.25, 0.3) is 0 Å². The fraction of sp³-hybridized carbons (Fsp3) is 0.207. The third kappa shape index (κ3) is 4.96. The molecular formula is C29H24N4O7. The summed E-state index contributed by atoms with van der Waals surface area (Å²) >= 11 is 0. The van der Waals surface area contributed by atoms with Crippen LogP contribution in [-0.2, 0) is 14.3 Å². The van der Waals surface area contributed by atoms with Gasteiger partial charge in [-0.1, -0.05) is 30.3 Å². The molecule has 5 rings (SSSR count). The third-order valence-corrected chi connectivity index (χ3v) is 6.69. The van der Waals surface area contributed by atoms with Crippen molar-refractivity contribution in [2.45, 2.75) is 25.7 Å². The minimum absolute atomic E-state index is 0.0663. The number of aliphatic imine (C=N–C) groups is 1. The van der Waals surface area contributed by atoms with E-state index in [9.17, 15) is 29.3 Å². The highest BCUT2D eigenvalue weighted by atomic mass is 16.6. The molecule has 202 valence electrons. The van der Waals surface area contributed by atoms with E-state index in [2.05, 4.69) is 5.32 Å². The topological polar surface area (TPSA) is 148 Å². The number of esters is 1. The fourth-order valence-electron chi connectivity index (χ4n) is 4.84. The summed E-state index contributed by atoms with van der Waals surface area (Å²) in [7, 11) is 0. The van der Waals surface area contributed by atoms with Gasteiger partial charge in [-0.3, -0.25) is 39.2 Å². The van der Waals surface area contributed by atoms with E-state index in [1.54, 1.807) is 37.3 Å². The molecule has 0 aromatic heterocycles. The molecule has 1 unspecified atom stereocenters. The van der Waals surface area contributed by atoms with Gasteiger partial charge in [-0.05, 0) is 43.2 Å². The van der Waals surface area contributed by atoms with Crippen molar-refractivity contribution < 1.29 is 28.8 Å². The zero-order valence-corrected chi connectivity index (χ0v) is 21.5. The molecule has 1 atom stereocenters. The Hall–Kier alpha value is -5.19. The maximum Gasteiger partial charge on any atom is 0.305 e. The first-order chi connectivity index (χ1) is 19.3. The summed E-state index contributed by atoms with van der Waals surface area (Å²) in [6, 6.07) is 17.7. The highest BCUT2D eigenvalue weighted by molar-refractivity contribution is 6.25.